The smallest absolute Gasteiger partial charge is 0.253 e. The summed E-state index contributed by atoms with van der Waals surface area (Å²) in [5.41, 5.74) is 11.4. The highest BCUT2D eigenvalue weighted by molar-refractivity contribution is 6.06. The van der Waals surface area contributed by atoms with Gasteiger partial charge in [0, 0.05) is 41.5 Å². The Kier molecular flexibility index (Phi) is 5.11. The van der Waals surface area contributed by atoms with E-state index in [1.54, 1.807) is 12.4 Å². The van der Waals surface area contributed by atoms with Crippen molar-refractivity contribution >= 4 is 22.8 Å². The molecule has 1 amide bonds. The molecule has 0 spiro atoms. The van der Waals surface area contributed by atoms with Crippen LogP contribution in [0.25, 0.3) is 22.0 Å². The van der Waals surface area contributed by atoms with E-state index in [2.05, 4.69) is 50.6 Å². The minimum Gasteiger partial charge on any atom is -0.395 e. The summed E-state index contributed by atoms with van der Waals surface area (Å²) in [5, 5.41) is 12.8. The Labute approximate surface area is 185 Å². The molecule has 1 aliphatic carbocycles. The first-order chi connectivity index (χ1) is 15.6. The number of carbonyl (C=O) groups is 1. The van der Waals surface area contributed by atoms with Crippen LogP contribution in [0.15, 0.2) is 61.1 Å². The van der Waals surface area contributed by atoms with Gasteiger partial charge in [-0.1, -0.05) is 42.8 Å². The van der Waals surface area contributed by atoms with Gasteiger partial charge in [0.25, 0.3) is 5.91 Å². The van der Waals surface area contributed by atoms with Gasteiger partial charge in [0.15, 0.2) is 0 Å². The molecule has 32 heavy (non-hydrogen) atoms. The van der Waals surface area contributed by atoms with Gasteiger partial charge in [-0.3, -0.25) is 4.79 Å². The third kappa shape index (κ3) is 3.31. The number of anilines is 1. The van der Waals surface area contributed by atoms with E-state index in [4.69, 9.17) is 10.8 Å². The molecule has 7 nitrogen and oxygen atoms in total. The predicted octanol–water partition coefficient (Wildman–Crippen LogP) is 3.40. The number of carbonyl (C=O) groups excluding carboxylic acids is 1. The molecule has 0 bridgehead atoms. The molecule has 2 heterocycles. The number of nitrogens with two attached hydrogens (primary N) is 1. The quantitative estimate of drug-likeness (QED) is 0.376. The van der Waals surface area contributed by atoms with Crippen LogP contribution in [0.4, 0.5) is 5.95 Å². The number of nitrogens with one attached hydrogen (secondary N) is 2. The molecule has 0 aliphatic heterocycles. The van der Waals surface area contributed by atoms with E-state index >= 15 is 0 Å². The highest BCUT2D eigenvalue weighted by Crippen LogP contribution is 2.51. The number of aliphatic hydroxyl groups is 1. The van der Waals surface area contributed by atoms with Gasteiger partial charge in [-0.05, 0) is 35.6 Å². The minimum atomic E-state index is -0.184. The number of nitrogens with zero attached hydrogens (tertiary/aromatic N) is 2. The Morgan fingerprint density at radius 3 is 2.50 bits per heavy atom. The predicted molar refractivity (Wildman–Crippen MR) is 124 cm³/mol. The summed E-state index contributed by atoms with van der Waals surface area (Å²) in [4.78, 5) is 24.1. The first kappa shape index (κ1) is 20.2. The van der Waals surface area contributed by atoms with Gasteiger partial charge < -0.3 is 21.1 Å². The normalized spacial score (nSPS) is 14.8. The van der Waals surface area contributed by atoms with Gasteiger partial charge in [-0.2, -0.15) is 0 Å². The monoisotopic (exact) mass is 427 g/mol. The van der Waals surface area contributed by atoms with E-state index in [1.165, 1.54) is 11.1 Å². The molecule has 2 aromatic carbocycles. The fourth-order valence-electron chi connectivity index (χ4n) is 4.72. The number of benzene rings is 2. The number of amides is 1. The van der Waals surface area contributed by atoms with Crippen molar-refractivity contribution < 1.29 is 9.90 Å². The van der Waals surface area contributed by atoms with Crippen LogP contribution in [0, 0.1) is 0 Å². The van der Waals surface area contributed by atoms with E-state index in [-0.39, 0.29) is 30.4 Å². The van der Waals surface area contributed by atoms with Crippen molar-refractivity contribution in [3.8, 4) is 11.1 Å². The Hall–Kier alpha value is -3.71. The zero-order valence-corrected chi connectivity index (χ0v) is 17.6. The standard InChI is InChI=1S/C25H25N5O2/c26-24-29-13-17(14-30-24)16-5-7-18(8-6-16)25(9-2-10-25)21-15-28-22-19(21)3-1-4-20(22)23(32)27-11-12-31/h1,3-8,13-15,28,31H,2,9-12H2,(H,27,32)(H2,26,29,30). The van der Waals surface area contributed by atoms with Crippen molar-refractivity contribution in [2.45, 2.75) is 24.7 Å². The van der Waals surface area contributed by atoms with Gasteiger partial charge in [0.1, 0.15) is 0 Å². The largest absolute Gasteiger partial charge is 0.395 e. The van der Waals surface area contributed by atoms with Crippen molar-refractivity contribution in [2.24, 2.45) is 0 Å². The van der Waals surface area contributed by atoms with E-state index in [0.717, 1.165) is 41.3 Å². The van der Waals surface area contributed by atoms with Crippen LogP contribution in [0.1, 0.15) is 40.7 Å². The van der Waals surface area contributed by atoms with Crippen molar-refractivity contribution in [2.75, 3.05) is 18.9 Å². The van der Waals surface area contributed by atoms with Gasteiger partial charge >= 0.3 is 0 Å². The summed E-state index contributed by atoms with van der Waals surface area (Å²) in [6.45, 7) is 0.150. The average Bonchev–Trinajstić information content (AvgIpc) is 3.22. The summed E-state index contributed by atoms with van der Waals surface area (Å²) in [6, 6.07) is 14.4. The van der Waals surface area contributed by atoms with Gasteiger partial charge in [0.05, 0.1) is 17.7 Å². The van der Waals surface area contributed by atoms with Crippen LogP contribution in [0.2, 0.25) is 0 Å². The Morgan fingerprint density at radius 1 is 1.09 bits per heavy atom. The number of nitrogen functional groups attached to an aromatic ring is 1. The molecule has 0 atom stereocenters. The second kappa shape index (κ2) is 8.09. The SMILES string of the molecule is Nc1ncc(-c2ccc(C3(c4c[nH]c5c(C(=O)NCCO)cccc45)CCC3)cc2)cn1. The summed E-state index contributed by atoms with van der Waals surface area (Å²) in [6.07, 6.45) is 8.81. The molecular weight excluding hydrogens is 402 g/mol. The molecule has 0 radical (unpaired) electrons. The second-order valence-electron chi connectivity index (χ2n) is 8.25. The van der Waals surface area contributed by atoms with E-state index in [1.807, 2.05) is 18.3 Å². The maximum Gasteiger partial charge on any atom is 0.253 e. The van der Waals surface area contributed by atoms with Crippen LogP contribution in [0.3, 0.4) is 0 Å². The second-order valence-corrected chi connectivity index (χ2v) is 8.25. The Bertz CT molecular complexity index is 1260. The lowest BCUT2D eigenvalue weighted by molar-refractivity contribution is 0.0946. The van der Waals surface area contributed by atoms with Crippen LogP contribution in [0.5, 0.6) is 0 Å². The molecule has 2 aromatic heterocycles. The van der Waals surface area contributed by atoms with Crippen molar-refractivity contribution in [1.29, 1.82) is 0 Å². The lowest BCUT2D eigenvalue weighted by atomic mass is 9.60. The molecule has 162 valence electrons. The first-order valence-corrected chi connectivity index (χ1v) is 10.8. The minimum absolute atomic E-state index is 0.0748. The number of para-hydroxylation sites is 1. The number of H-pyrrole nitrogens is 1. The Morgan fingerprint density at radius 2 is 1.84 bits per heavy atom. The summed E-state index contributed by atoms with van der Waals surface area (Å²) in [5.74, 6) is 0.0818. The molecule has 1 saturated carbocycles. The zero-order chi connectivity index (χ0) is 22.1. The fourth-order valence-corrected chi connectivity index (χ4v) is 4.72. The molecule has 0 unspecified atom stereocenters. The number of aliphatic hydroxyl groups excluding tert-OH is 1. The number of hydrogen-bond acceptors (Lipinski definition) is 5. The molecule has 5 N–H and O–H groups in total. The molecule has 4 aromatic rings. The fraction of sp³-hybridized carbons (Fsp3) is 0.240. The van der Waals surface area contributed by atoms with Crippen LogP contribution in [-0.4, -0.2) is 39.1 Å². The maximum absolute atomic E-state index is 12.6. The van der Waals surface area contributed by atoms with Crippen molar-refractivity contribution in [3.05, 3.63) is 77.7 Å². The van der Waals surface area contributed by atoms with Crippen LogP contribution >= 0.6 is 0 Å². The number of aromatic nitrogens is 3. The van der Waals surface area contributed by atoms with Gasteiger partial charge in [-0.25, -0.2) is 9.97 Å². The summed E-state index contributed by atoms with van der Waals surface area (Å²) in [7, 11) is 0. The average molecular weight is 428 g/mol. The highest BCUT2D eigenvalue weighted by Gasteiger charge is 2.42. The van der Waals surface area contributed by atoms with Gasteiger partial charge in [0.2, 0.25) is 5.95 Å². The zero-order valence-electron chi connectivity index (χ0n) is 17.6. The topological polar surface area (TPSA) is 117 Å². The lowest BCUT2D eigenvalue weighted by Crippen LogP contribution is -2.35. The summed E-state index contributed by atoms with van der Waals surface area (Å²) < 4.78 is 0. The number of rotatable bonds is 6. The lowest BCUT2D eigenvalue weighted by Gasteiger charge is -2.43. The van der Waals surface area contributed by atoms with Crippen molar-refractivity contribution in [1.82, 2.24) is 20.3 Å². The highest BCUT2D eigenvalue weighted by atomic mass is 16.3. The van der Waals surface area contributed by atoms with Crippen molar-refractivity contribution in [3.63, 3.8) is 0 Å². The molecule has 7 heteroatoms. The van der Waals surface area contributed by atoms with E-state index in [0.29, 0.717) is 5.56 Å². The maximum atomic E-state index is 12.6. The number of fused-ring (bicyclic) bond motifs is 1. The Balaban J connectivity index is 1.52. The number of hydrogen-bond donors (Lipinski definition) is 4. The third-order valence-electron chi connectivity index (χ3n) is 6.52. The molecule has 1 aliphatic rings. The van der Waals surface area contributed by atoms with Crippen LogP contribution in [-0.2, 0) is 5.41 Å². The van der Waals surface area contributed by atoms with E-state index in [9.17, 15) is 4.79 Å². The van der Waals surface area contributed by atoms with Gasteiger partial charge in [-0.15, -0.1) is 0 Å². The third-order valence-corrected chi connectivity index (χ3v) is 6.52. The van der Waals surface area contributed by atoms with E-state index < -0.39 is 0 Å². The molecule has 0 saturated heterocycles. The van der Waals surface area contributed by atoms with Crippen LogP contribution < -0.4 is 11.1 Å². The summed E-state index contributed by atoms with van der Waals surface area (Å²) >= 11 is 0. The number of aromatic amines is 1. The molecule has 5 rings (SSSR count). The first-order valence-electron chi connectivity index (χ1n) is 10.8. The molecule has 1 fully saturated rings. The molecular formula is C25H25N5O2.